The topological polar surface area (TPSA) is 56.4 Å². The van der Waals surface area contributed by atoms with E-state index < -0.39 is 0 Å². The summed E-state index contributed by atoms with van der Waals surface area (Å²) in [5.74, 6) is -0.370. The summed E-state index contributed by atoms with van der Waals surface area (Å²) in [5.41, 5.74) is 4.74. The van der Waals surface area contributed by atoms with Crippen molar-refractivity contribution >= 4 is 34.3 Å². The number of anilines is 1. The lowest BCUT2D eigenvalue weighted by molar-refractivity contribution is -0.576. The fourth-order valence-electron chi connectivity index (χ4n) is 2.99. The van der Waals surface area contributed by atoms with Crippen LogP contribution in [0.3, 0.4) is 0 Å². The predicted molar refractivity (Wildman–Crippen MR) is 122 cm³/mol. The second kappa shape index (κ2) is 9.15. The number of pyridine rings is 1. The van der Waals surface area contributed by atoms with E-state index >= 15 is 0 Å². The van der Waals surface area contributed by atoms with Gasteiger partial charge < -0.3 is 15.5 Å². The van der Waals surface area contributed by atoms with Crippen molar-refractivity contribution in [2.45, 2.75) is 27.4 Å². The summed E-state index contributed by atoms with van der Waals surface area (Å²) in [7, 11) is 0. The van der Waals surface area contributed by atoms with Crippen molar-refractivity contribution in [1.29, 1.82) is 0 Å². The minimum Gasteiger partial charge on any atom is -0.502 e. The number of hydrogen-bond acceptors (Lipinski definition) is 3. The van der Waals surface area contributed by atoms with Crippen LogP contribution in [0.1, 0.15) is 27.8 Å². The summed E-state index contributed by atoms with van der Waals surface area (Å²) in [5, 5.41) is 23.7. The Morgan fingerprint density at radius 2 is 1.77 bits per heavy atom. The number of aromatic nitrogens is 1. The van der Waals surface area contributed by atoms with Crippen molar-refractivity contribution in [3.05, 3.63) is 94.6 Å². The molecule has 3 rings (SSSR count). The molecule has 0 atom stereocenters. The number of benzene rings is 2. The highest BCUT2D eigenvalue weighted by Crippen LogP contribution is 2.22. The molecule has 0 aliphatic carbocycles. The summed E-state index contributed by atoms with van der Waals surface area (Å²) in [6.07, 6.45) is 3.42. The molecule has 0 fully saturated rings. The van der Waals surface area contributed by atoms with Gasteiger partial charge in [0.15, 0.2) is 23.1 Å². The zero-order chi connectivity index (χ0) is 21.8. The first kappa shape index (κ1) is 21.6. The van der Waals surface area contributed by atoms with E-state index in [1.165, 1.54) is 6.07 Å². The van der Waals surface area contributed by atoms with E-state index in [2.05, 4.69) is 5.32 Å². The van der Waals surface area contributed by atoms with Gasteiger partial charge in [-0.05, 0) is 61.7 Å². The number of rotatable bonds is 5. The SMILES string of the molecule is Cc1ccc(C(O)=C(C(=S)Nc2ccc(C)c(F)c2)[n+]2cccc(CO)c2)cc1C. The molecule has 6 heteroatoms. The Morgan fingerprint density at radius 1 is 1.03 bits per heavy atom. The first-order valence-electron chi connectivity index (χ1n) is 9.50. The van der Waals surface area contributed by atoms with Crippen LogP contribution in [0.2, 0.25) is 0 Å². The third-order valence-corrected chi connectivity index (χ3v) is 5.25. The minimum atomic E-state index is -0.346. The van der Waals surface area contributed by atoms with Crippen molar-refractivity contribution in [3.8, 4) is 0 Å². The molecule has 3 N–H and O–H groups in total. The average Bonchev–Trinajstić information content (AvgIpc) is 2.73. The van der Waals surface area contributed by atoms with Gasteiger partial charge in [0.1, 0.15) is 5.82 Å². The van der Waals surface area contributed by atoms with Gasteiger partial charge in [-0.3, -0.25) is 0 Å². The molecule has 30 heavy (non-hydrogen) atoms. The molecule has 0 bridgehead atoms. The summed E-state index contributed by atoms with van der Waals surface area (Å²) in [4.78, 5) is 0.217. The molecular formula is C24H24FN2O2S+. The van der Waals surface area contributed by atoms with Crippen LogP contribution in [0.15, 0.2) is 60.9 Å². The Balaban J connectivity index is 2.11. The Hall–Kier alpha value is -3.09. The standard InChI is InChI=1S/C24H23FN2O2S/c1-15-6-8-19(11-17(15)3)23(29)22(27-10-4-5-18(13-27)14-28)24(30)26-20-9-7-16(2)21(25)12-20/h4-13,28H,14H2,1-3H3,(H-,26,29,30)/p+1. The molecule has 154 valence electrons. The van der Waals surface area contributed by atoms with Crippen LogP contribution in [0.5, 0.6) is 0 Å². The van der Waals surface area contributed by atoms with Crippen LogP contribution < -0.4 is 9.88 Å². The van der Waals surface area contributed by atoms with E-state index in [0.717, 1.165) is 11.1 Å². The Bertz CT molecular complexity index is 1140. The molecule has 0 aliphatic heterocycles. The highest BCUT2D eigenvalue weighted by molar-refractivity contribution is 7.81. The summed E-state index contributed by atoms with van der Waals surface area (Å²) >= 11 is 5.60. The first-order valence-corrected chi connectivity index (χ1v) is 9.90. The fourth-order valence-corrected chi connectivity index (χ4v) is 3.31. The van der Waals surface area contributed by atoms with E-state index in [1.807, 2.05) is 32.0 Å². The lowest BCUT2D eigenvalue weighted by Crippen LogP contribution is -2.39. The van der Waals surface area contributed by atoms with Gasteiger partial charge in [-0.25, -0.2) is 4.39 Å². The number of halogens is 1. The van der Waals surface area contributed by atoms with Gasteiger partial charge >= 0.3 is 0 Å². The zero-order valence-corrected chi connectivity index (χ0v) is 17.9. The van der Waals surface area contributed by atoms with Crippen molar-refractivity contribution in [2.24, 2.45) is 0 Å². The quantitative estimate of drug-likeness (QED) is 0.238. The molecular weight excluding hydrogens is 399 g/mol. The largest absolute Gasteiger partial charge is 0.502 e. The maximum absolute atomic E-state index is 14.0. The maximum Gasteiger partial charge on any atom is 0.288 e. The van der Waals surface area contributed by atoms with E-state index in [4.69, 9.17) is 12.2 Å². The normalized spacial score (nSPS) is 11.8. The first-order chi connectivity index (χ1) is 14.3. The van der Waals surface area contributed by atoms with E-state index in [1.54, 1.807) is 48.1 Å². The average molecular weight is 424 g/mol. The molecule has 1 aromatic heterocycles. The van der Waals surface area contributed by atoms with Crippen molar-refractivity contribution < 1.29 is 19.2 Å². The molecule has 3 aromatic rings. The minimum absolute atomic E-state index is 0.0247. The van der Waals surface area contributed by atoms with Crippen LogP contribution >= 0.6 is 12.2 Å². The number of hydrogen-bond donors (Lipinski definition) is 3. The number of nitrogens with zero attached hydrogens (tertiary/aromatic N) is 1. The highest BCUT2D eigenvalue weighted by atomic mass is 32.1. The third kappa shape index (κ3) is 4.72. The summed E-state index contributed by atoms with van der Waals surface area (Å²) < 4.78 is 15.6. The van der Waals surface area contributed by atoms with Crippen LogP contribution in [0.25, 0.3) is 11.5 Å². The van der Waals surface area contributed by atoms with E-state index in [9.17, 15) is 14.6 Å². The molecule has 0 saturated carbocycles. The Labute approximate surface area is 181 Å². The fraction of sp³-hybridized carbons (Fsp3) is 0.167. The number of aliphatic hydroxyl groups is 2. The van der Waals surface area contributed by atoms with Gasteiger partial charge in [0.2, 0.25) is 0 Å². The summed E-state index contributed by atoms with van der Waals surface area (Å²) in [6.45, 7) is 5.50. The van der Waals surface area contributed by atoms with Crippen molar-refractivity contribution in [3.63, 3.8) is 0 Å². The molecule has 1 heterocycles. The van der Waals surface area contributed by atoms with Gasteiger partial charge in [-0.1, -0.05) is 30.4 Å². The monoisotopic (exact) mass is 423 g/mol. The van der Waals surface area contributed by atoms with Crippen LogP contribution in [-0.4, -0.2) is 15.2 Å². The van der Waals surface area contributed by atoms with Crippen LogP contribution in [0, 0.1) is 26.6 Å². The van der Waals surface area contributed by atoms with Gasteiger partial charge in [0.05, 0.1) is 6.61 Å². The molecule has 4 nitrogen and oxygen atoms in total. The number of aryl methyl sites for hydroxylation is 3. The predicted octanol–water partition coefficient (Wildman–Crippen LogP) is 4.85. The Kier molecular flexibility index (Phi) is 6.59. The maximum atomic E-state index is 14.0. The zero-order valence-electron chi connectivity index (χ0n) is 17.1. The number of nitrogens with one attached hydrogen (secondary N) is 1. The number of thiocarbonyl (C=S) groups is 1. The van der Waals surface area contributed by atoms with E-state index in [0.29, 0.717) is 28.1 Å². The second-order valence-corrected chi connectivity index (χ2v) is 7.60. The van der Waals surface area contributed by atoms with Gasteiger partial charge in [0.25, 0.3) is 5.70 Å². The lowest BCUT2D eigenvalue weighted by atomic mass is 10.0. The second-order valence-electron chi connectivity index (χ2n) is 7.19. The molecule has 2 aromatic carbocycles. The van der Waals surface area contributed by atoms with Crippen LogP contribution in [-0.2, 0) is 6.61 Å². The van der Waals surface area contributed by atoms with Crippen molar-refractivity contribution in [2.75, 3.05) is 5.32 Å². The third-order valence-electron chi connectivity index (χ3n) is 4.95. The number of aliphatic hydroxyl groups excluding tert-OH is 2. The molecule has 0 aliphatic rings. The van der Waals surface area contributed by atoms with Crippen molar-refractivity contribution in [1.82, 2.24) is 0 Å². The molecule has 0 unspecified atom stereocenters. The Morgan fingerprint density at radius 3 is 2.43 bits per heavy atom. The van der Waals surface area contributed by atoms with Crippen LogP contribution in [0.4, 0.5) is 10.1 Å². The summed E-state index contributed by atoms with van der Waals surface area (Å²) in [6, 6.07) is 13.9. The molecule has 0 spiro atoms. The van der Waals surface area contributed by atoms with Gasteiger partial charge in [0, 0.05) is 22.9 Å². The van der Waals surface area contributed by atoms with Gasteiger partial charge in [-0.15, -0.1) is 0 Å². The molecule has 0 radical (unpaired) electrons. The van der Waals surface area contributed by atoms with Gasteiger partial charge in [-0.2, -0.15) is 4.57 Å². The molecule has 0 amide bonds. The molecule has 0 saturated heterocycles. The smallest absolute Gasteiger partial charge is 0.288 e. The van der Waals surface area contributed by atoms with E-state index in [-0.39, 0.29) is 23.2 Å². The lowest BCUT2D eigenvalue weighted by Gasteiger charge is -2.12. The highest BCUT2D eigenvalue weighted by Gasteiger charge is 2.24.